The van der Waals surface area contributed by atoms with Crippen LogP contribution in [0.25, 0.3) is 0 Å². The third-order valence-corrected chi connectivity index (χ3v) is 6.62. The first-order valence-corrected chi connectivity index (χ1v) is 9.22. The molecule has 0 saturated carbocycles. The average molecular weight is 333 g/mol. The van der Waals surface area contributed by atoms with Gasteiger partial charge < -0.3 is 9.64 Å². The van der Waals surface area contributed by atoms with Crippen molar-refractivity contribution in [1.29, 1.82) is 0 Å². The van der Waals surface area contributed by atoms with E-state index in [-0.39, 0.29) is 11.8 Å². The number of hydrogen-bond acceptors (Lipinski definition) is 2. The Kier molecular flexibility index (Phi) is 3.14. The van der Waals surface area contributed by atoms with Gasteiger partial charge in [-0.2, -0.15) is 0 Å². The van der Waals surface area contributed by atoms with Crippen LogP contribution in [0.1, 0.15) is 36.0 Å². The minimum Gasteiger partial charge on any atom is -0.360 e. The molecule has 0 radical (unpaired) electrons. The molecule has 3 aliphatic rings. The van der Waals surface area contributed by atoms with E-state index >= 15 is 0 Å². The maximum absolute atomic E-state index is 13.3. The number of amides is 1. The van der Waals surface area contributed by atoms with Crippen molar-refractivity contribution in [3.63, 3.8) is 0 Å². The van der Waals surface area contributed by atoms with Crippen LogP contribution in [0.2, 0.25) is 0 Å². The number of likely N-dealkylation sites (N-methyl/N-ethyl adjacent to an activating group) is 1. The molecule has 0 aromatic heterocycles. The van der Waals surface area contributed by atoms with Crippen molar-refractivity contribution in [1.82, 2.24) is 0 Å². The number of ether oxygens (including phenoxy) is 1. The van der Waals surface area contributed by atoms with E-state index in [1.807, 2.05) is 25.2 Å². The molecule has 1 fully saturated rings. The lowest BCUT2D eigenvalue weighted by molar-refractivity contribution is -0.151. The second kappa shape index (κ2) is 5.18. The monoisotopic (exact) mass is 333 g/mol. The van der Waals surface area contributed by atoms with Gasteiger partial charge in [-0.05, 0) is 47.8 Å². The van der Waals surface area contributed by atoms with Crippen molar-refractivity contribution in [3.8, 4) is 0 Å². The van der Waals surface area contributed by atoms with Crippen LogP contribution in [0, 0.1) is 11.8 Å². The average Bonchev–Trinajstić information content (AvgIpc) is 3.03. The highest BCUT2D eigenvalue weighted by Gasteiger charge is 2.57. The molecule has 2 aromatic rings. The van der Waals surface area contributed by atoms with Crippen LogP contribution in [0.4, 0.5) is 5.69 Å². The van der Waals surface area contributed by atoms with E-state index in [9.17, 15) is 4.79 Å². The Morgan fingerprint density at radius 3 is 2.76 bits per heavy atom. The van der Waals surface area contributed by atoms with Crippen LogP contribution in [0.5, 0.6) is 0 Å². The number of fused-ring (bicyclic) bond motifs is 5. The van der Waals surface area contributed by atoms with E-state index in [4.69, 9.17) is 4.74 Å². The molecule has 1 saturated heterocycles. The van der Waals surface area contributed by atoms with Gasteiger partial charge in [-0.3, -0.25) is 4.79 Å². The molecule has 3 nitrogen and oxygen atoms in total. The first kappa shape index (κ1) is 15.2. The van der Waals surface area contributed by atoms with Gasteiger partial charge in [0.25, 0.3) is 5.91 Å². The first-order valence-electron chi connectivity index (χ1n) is 9.22. The molecule has 2 heterocycles. The van der Waals surface area contributed by atoms with Crippen LogP contribution in [0.3, 0.4) is 0 Å². The SMILES string of the molecule is C[C@@H]1C[C@@H]2c3ccccc3C[C@@H]2CO[C@@]12C(=O)N(C)c1ccccc12. The number of carbonyl (C=O) groups excluding carboxylic acids is 1. The van der Waals surface area contributed by atoms with Gasteiger partial charge in [0.2, 0.25) is 0 Å². The third kappa shape index (κ3) is 1.87. The summed E-state index contributed by atoms with van der Waals surface area (Å²) in [6, 6.07) is 16.9. The highest BCUT2D eigenvalue weighted by atomic mass is 16.5. The van der Waals surface area contributed by atoms with E-state index in [0.29, 0.717) is 18.4 Å². The summed E-state index contributed by atoms with van der Waals surface area (Å²) in [5.41, 5.74) is 4.15. The molecule has 1 aliphatic carbocycles. The molecular weight excluding hydrogens is 310 g/mol. The number of hydrogen-bond donors (Lipinski definition) is 0. The molecule has 4 atom stereocenters. The zero-order valence-corrected chi connectivity index (χ0v) is 14.7. The maximum Gasteiger partial charge on any atom is 0.263 e. The Hall–Kier alpha value is -2.13. The fourth-order valence-electron chi connectivity index (χ4n) is 5.35. The third-order valence-electron chi connectivity index (χ3n) is 6.62. The number of nitrogens with zero attached hydrogens (tertiary/aromatic N) is 1. The first-order chi connectivity index (χ1) is 12.1. The molecule has 5 rings (SSSR count). The van der Waals surface area contributed by atoms with Gasteiger partial charge >= 0.3 is 0 Å². The van der Waals surface area contributed by atoms with Gasteiger partial charge in [0, 0.05) is 12.6 Å². The normalized spacial score (nSPS) is 33.1. The molecule has 0 N–H and O–H groups in total. The molecule has 3 heteroatoms. The minimum atomic E-state index is -0.815. The topological polar surface area (TPSA) is 29.5 Å². The number of para-hydroxylation sites is 1. The van der Waals surface area contributed by atoms with Gasteiger partial charge in [-0.15, -0.1) is 0 Å². The Labute approximate surface area is 148 Å². The second-order valence-electron chi connectivity index (χ2n) is 7.83. The fourth-order valence-corrected chi connectivity index (χ4v) is 5.35. The highest BCUT2D eigenvalue weighted by Crippen LogP contribution is 2.54. The molecule has 1 amide bonds. The summed E-state index contributed by atoms with van der Waals surface area (Å²) in [6.07, 6.45) is 2.06. The lowest BCUT2D eigenvalue weighted by Gasteiger charge is -2.33. The largest absolute Gasteiger partial charge is 0.360 e. The molecule has 25 heavy (non-hydrogen) atoms. The Bertz CT molecular complexity index is 861. The van der Waals surface area contributed by atoms with E-state index in [2.05, 4.69) is 37.3 Å². The number of benzene rings is 2. The van der Waals surface area contributed by atoms with Crippen LogP contribution in [-0.4, -0.2) is 19.6 Å². The smallest absolute Gasteiger partial charge is 0.263 e. The summed E-state index contributed by atoms with van der Waals surface area (Å²) in [5, 5.41) is 0. The van der Waals surface area contributed by atoms with Crippen molar-refractivity contribution in [2.24, 2.45) is 11.8 Å². The summed E-state index contributed by atoms with van der Waals surface area (Å²) in [4.78, 5) is 15.0. The Balaban J connectivity index is 1.59. The predicted octanol–water partition coefficient (Wildman–Crippen LogP) is 3.87. The molecular formula is C22H23NO2. The summed E-state index contributed by atoms with van der Waals surface area (Å²) in [7, 11) is 1.87. The van der Waals surface area contributed by atoms with Crippen LogP contribution < -0.4 is 4.90 Å². The molecule has 2 aromatic carbocycles. The number of carbonyl (C=O) groups is 1. The zero-order chi connectivity index (χ0) is 17.2. The number of anilines is 1. The lowest BCUT2D eigenvalue weighted by atomic mass is 9.76. The Morgan fingerprint density at radius 1 is 1.12 bits per heavy atom. The van der Waals surface area contributed by atoms with E-state index in [1.165, 1.54) is 11.1 Å². The summed E-state index contributed by atoms with van der Waals surface area (Å²) in [5.74, 6) is 1.21. The Morgan fingerprint density at radius 2 is 1.88 bits per heavy atom. The van der Waals surface area contributed by atoms with E-state index in [1.54, 1.807) is 4.90 Å². The lowest BCUT2D eigenvalue weighted by Crippen LogP contribution is -2.45. The minimum absolute atomic E-state index is 0.0921. The number of rotatable bonds is 0. The predicted molar refractivity (Wildman–Crippen MR) is 97.6 cm³/mol. The maximum atomic E-state index is 13.3. The van der Waals surface area contributed by atoms with Gasteiger partial charge in [0.15, 0.2) is 5.60 Å². The van der Waals surface area contributed by atoms with Crippen LogP contribution in [0.15, 0.2) is 48.5 Å². The van der Waals surface area contributed by atoms with Crippen molar-refractivity contribution < 1.29 is 9.53 Å². The summed E-state index contributed by atoms with van der Waals surface area (Å²) >= 11 is 0. The van der Waals surface area contributed by atoms with Gasteiger partial charge in [-0.1, -0.05) is 49.4 Å². The molecule has 128 valence electrons. The molecule has 1 spiro atoms. The van der Waals surface area contributed by atoms with Crippen molar-refractivity contribution in [2.45, 2.75) is 31.3 Å². The summed E-state index contributed by atoms with van der Waals surface area (Å²) in [6.45, 7) is 2.84. The molecule has 0 bridgehead atoms. The van der Waals surface area contributed by atoms with Crippen molar-refractivity contribution in [2.75, 3.05) is 18.6 Å². The van der Waals surface area contributed by atoms with E-state index in [0.717, 1.165) is 24.1 Å². The van der Waals surface area contributed by atoms with Crippen LogP contribution in [-0.2, 0) is 21.6 Å². The van der Waals surface area contributed by atoms with Crippen molar-refractivity contribution in [3.05, 3.63) is 65.2 Å². The van der Waals surface area contributed by atoms with Gasteiger partial charge in [0.05, 0.1) is 12.3 Å². The standard InChI is InChI=1S/C22H23NO2/c1-14-11-18-16(12-15-7-3-4-8-17(15)18)13-25-22(14)19-9-5-6-10-20(19)23(2)21(22)24/h3-10,14,16,18H,11-13H2,1-2H3/t14-,16-,18+,22+/m1/s1. The van der Waals surface area contributed by atoms with Gasteiger partial charge in [0.1, 0.15) is 0 Å². The second-order valence-corrected chi connectivity index (χ2v) is 7.83. The quantitative estimate of drug-likeness (QED) is 0.732. The molecule has 0 unspecified atom stereocenters. The zero-order valence-electron chi connectivity index (χ0n) is 14.7. The van der Waals surface area contributed by atoms with Gasteiger partial charge in [-0.25, -0.2) is 0 Å². The molecule has 2 aliphatic heterocycles. The fraction of sp³-hybridized carbons (Fsp3) is 0.409. The van der Waals surface area contributed by atoms with Crippen LogP contribution >= 0.6 is 0 Å². The van der Waals surface area contributed by atoms with Crippen molar-refractivity contribution >= 4 is 11.6 Å². The van der Waals surface area contributed by atoms with E-state index < -0.39 is 5.60 Å². The highest BCUT2D eigenvalue weighted by molar-refractivity contribution is 6.06. The summed E-state index contributed by atoms with van der Waals surface area (Å²) < 4.78 is 6.53.